The van der Waals surface area contributed by atoms with Crippen LogP contribution in [0.4, 0.5) is 0 Å². The summed E-state index contributed by atoms with van der Waals surface area (Å²) in [6.45, 7) is 5.07. The van der Waals surface area contributed by atoms with E-state index in [0.717, 1.165) is 25.1 Å². The van der Waals surface area contributed by atoms with Crippen molar-refractivity contribution in [3.8, 4) is 0 Å². The maximum absolute atomic E-state index is 13.0. The quantitative estimate of drug-likeness (QED) is 0.635. The van der Waals surface area contributed by atoms with Gasteiger partial charge < -0.3 is 15.0 Å². The molecule has 1 fully saturated rings. The molecule has 1 saturated heterocycles. The van der Waals surface area contributed by atoms with Crippen molar-refractivity contribution >= 4 is 11.8 Å². The number of amides is 2. The van der Waals surface area contributed by atoms with E-state index in [1.54, 1.807) is 29.2 Å². The molecule has 0 radical (unpaired) electrons. The van der Waals surface area contributed by atoms with Crippen LogP contribution in [-0.2, 0) is 31.0 Å². The van der Waals surface area contributed by atoms with Gasteiger partial charge in [-0.1, -0.05) is 23.4 Å². The minimum Gasteiger partial charge on any atom is -0.365 e. The zero-order valence-electron chi connectivity index (χ0n) is 18.6. The van der Waals surface area contributed by atoms with Gasteiger partial charge in [0.1, 0.15) is 11.3 Å². The third-order valence-electron chi connectivity index (χ3n) is 6.35. The van der Waals surface area contributed by atoms with Gasteiger partial charge in [0.25, 0.3) is 11.8 Å². The van der Waals surface area contributed by atoms with E-state index in [9.17, 15) is 9.59 Å². The number of benzene rings is 1. The topological polar surface area (TPSA) is 107 Å². The Morgan fingerprint density at radius 3 is 2.82 bits per heavy atom. The molecule has 5 rings (SSSR count). The monoisotopic (exact) mass is 449 g/mol. The number of aromatic nitrogens is 5. The van der Waals surface area contributed by atoms with Crippen LogP contribution in [0.15, 0.2) is 42.7 Å². The van der Waals surface area contributed by atoms with Gasteiger partial charge in [-0.3, -0.25) is 14.3 Å². The molecular formula is C23H27N7O3. The average molecular weight is 450 g/mol. The summed E-state index contributed by atoms with van der Waals surface area (Å²) < 4.78 is 9.95. The fourth-order valence-electron chi connectivity index (χ4n) is 4.53. The fraction of sp³-hybridized carbons (Fsp3) is 0.435. The number of nitrogens with zero attached hydrogens (tertiary/aromatic N) is 6. The average Bonchev–Trinajstić information content (AvgIpc) is 3.49. The lowest BCUT2D eigenvalue weighted by atomic mass is 9.91. The number of piperidine rings is 1. The van der Waals surface area contributed by atoms with Crippen LogP contribution in [0.25, 0.3) is 0 Å². The number of carbonyl (C=O) groups is 2. The molecule has 0 saturated carbocycles. The van der Waals surface area contributed by atoms with Gasteiger partial charge >= 0.3 is 0 Å². The SMILES string of the molecule is CCn1cc(C(=O)N2CCCC3(C2)Cn2nnc(CNC(=O)c4ccccc4)c2CO3)cn1. The molecule has 33 heavy (non-hydrogen) atoms. The molecule has 172 valence electrons. The van der Waals surface area contributed by atoms with Crippen LogP contribution in [0.5, 0.6) is 0 Å². The molecule has 3 aromatic rings. The highest BCUT2D eigenvalue weighted by Gasteiger charge is 2.42. The van der Waals surface area contributed by atoms with Gasteiger partial charge in [0.05, 0.1) is 43.7 Å². The van der Waals surface area contributed by atoms with E-state index in [1.165, 1.54) is 0 Å². The molecule has 2 aromatic heterocycles. The highest BCUT2D eigenvalue weighted by Crippen LogP contribution is 2.33. The number of fused-ring (bicyclic) bond motifs is 1. The van der Waals surface area contributed by atoms with Crippen LogP contribution < -0.4 is 5.32 Å². The van der Waals surface area contributed by atoms with Crippen LogP contribution in [0.3, 0.4) is 0 Å². The van der Waals surface area contributed by atoms with E-state index in [4.69, 9.17) is 4.74 Å². The summed E-state index contributed by atoms with van der Waals surface area (Å²) >= 11 is 0. The van der Waals surface area contributed by atoms with E-state index < -0.39 is 5.60 Å². The number of likely N-dealkylation sites (tertiary alicyclic amines) is 1. The van der Waals surface area contributed by atoms with Gasteiger partial charge in [-0.05, 0) is 31.9 Å². The Hall–Kier alpha value is -3.53. The molecule has 10 heteroatoms. The molecule has 1 unspecified atom stereocenters. The van der Waals surface area contributed by atoms with Gasteiger partial charge in [-0.25, -0.2) is 4.68 Å². The van der Waals surface area contributed by atoms with Crippen LogP contribution in [-0.4, -0.2) is 60.2 Å². The number of nitrogens with one attached hydrogen (secondary N) is 1. The first-order valence-electron chi connectivity index (χ1n) is 11.3. The van der Waals surface area contributed by atoms with Crippen molar-refractivity contribution in [2.24, 2.45) is 0 Å². The van der Waals surface area contributed by atoms with Gasteiger partial charge in [-0.15, -0.1) is 5.10 Å². The molecular weight excluding hydrogens is 422 g/mol. The predicted octanol–water partition coefficient (Wildman–Crippen LogP) is 1.63. The van der Waals surface area contributed by atoms with E-state index >= 15 is 0 Å². The lowest BCUT2D eigenvalue weighted by Crippen LogP contribution is -2.55. The molecule has 4 heterocycles. The molecule has 0 aliphatic carbocycles. The minimum atomic E-state index is -0.486. The maximum Gasteiger partial charge on any atom is 0.257 e. The largest absolute Gasteiger partial charge is 0.365 e. The third kappa shape index (κ3) is 4.25. The van der Waals surface area contributed by atoms with E-state index in [0.29, 0.717) is 43.1 Å². The molecule has 10 nitrogen and oxygen atoms in total. The Kier molecular flexibility index (Phi) is 5.67. The standard InChI is InChI=1S/C23H27N7O3/c1-2-29-13-18(11-25-29)22(32)28-10-6-9-23(15-28)16-30-20(14-33-23)19(26-27-30)12-24-21(31)17-7-4-3-5-8-17/h3-5,7-8,11,13H,2,6,9-10,12,14-16H2,1H3,(H,24,31). The lowest BCUT2D eigenvalue weighted by molar-refractivity contribution is -0.122. The second kappa shape index (κ2) is 8.78. The van der Waals surface area contributed by atoms with Crippen LogP contribution >= 0.6 is 0 Å². The summed E-state index contributed by atoms with van der Waals surface area (Å²) in [6.07, 6.45) is 5.12. The van der Waals surface area contributed by atoms with Crippen molar-refractivity contribution in [2.75, 3.05) is 13.1 Å². The summed E-state index contributed by atoms with van der Waals surface area (Å²) in [5.74, 6) is -0.176. The highest BCUT2D eigenvalue weighted by atomic mass is 16.5. The normalized spacial score (nSPS) is 20.0. The van der Waals surface area contributed by atoms with Crippen LogP contribution in [0.1, 0.15) is 51.9 Å². The fourth-order valence-corrected chi connectivity index (χ4v) is 4.53. The Labute approximate surface area is 191 Å². The molecule has 1 N–H and O–H groups in total. The molecule has 2 aliphatic heterocycles. The Morgan fingerprint density at radius 2 is 2.03 bits per heavy atom. The van der Waals surface area contributed by atoms with E-state index in [-0.39, 0.29) is 18.4 Å². The van der Waals surface area contributed by atoms with Crippen molar-refractivity contribution in [1.82, 2.24) is 35.0 Å². The van der Waals surface area contributed by atoms with Crippen LogP contribution in [0.2, 0.25) is 0 Å². The number of hydrogen-bond donors (Lipinski definition) is 1. The number of rotatable bonds is 5. The summed E-state index contributed by atoms with van der Waals surface area (Å²) in [5, 5.41) is 15.7. The smallest absolute Gasteiger partial charge is 0.257 e. The maximum atomic E-state index is 13.0. The molecule has 2 aliphatic rings. The zero-order chi connectivity index (χ0) is 22.8. The van der Waals surface area contributed by atoms with Crippen molar-refractivity contribution in [1.29, 1.82) is 0 Å². The van der Waals surface area contributed by atoms with Gasteiger partial charge in [0.2, 0.25) is 0 Å². The van der Waals surface area contributed by atoms with Crippen LogP contribution in [0, 0.1) is 0 Å². The first kappa shape index (κ1) is 21.3. The second-order valence-electron chi connectivity index (χ2n) is 8.58. The Bertz CT molecular complexity index is 1160. The van der Waals surface area contributed by atoms with E-state index in [2.05, 4.69) is 20.7 Å². The summed E-state index contributed by atoms with van der Waals surface area (Å²) in [7, 11) is 0. The molecule has 1 atom stereocenters. The minimum absolute atomic E-state index is 0.0222. The Morgan fingerprint density at radius 1 is 1.18 bits per heavy atom. The summed E-state index contributed by atoms with van der Waals surface area (Å²) in [5.41, 5.74) is 2.28. The highest BCUT2D eigenvalue weighted by molar-refractivity contribution is 5.94. The molecule has 1 aromatic carbocycles. The van der Waals surface area contributed by atoms with Gasteiger partial charge in [0.15, 0.2) is 0 Å². The van der Waals surface area contributed by atoms with Gasteiger partial charge in [0, 0.05) is 24.8 Å². The molecule has 1 spiro atoms. The number of ether oxygens (including phenoxy) is 1. The van der Waals surface area contributed by atoms with Crippen molar-refractivity contribution in [3.05, 3.63) is 65.2 Å². The number of hydrogen-bond acceptors (Lipinski definition) is 6. The molecule has 0 bridgehead atoms. The number of carbonyl (C=O) groups excluding carboxylic acids is 2. The first-order chi connectivity index (χ1) is 16.1. The third-order valence-corrected chi connectivity index (χ3v) is 6.35. The van der Waals surface area contributed by atoms with Crippen molar-refractivity contribution in [3.63, 3.8) is 0 Å². The summed E-state index contributed by atoms with van der Waals surface area (Å²) in [4.78, 5) is 27.2. The van der Waals surface area contributed by atoms with E-state index in [1.807, 2.05) is 34.7 Å². The predicted molar refractivity (Wildman–Crippen MR) is 118 cm³/mol. The second-order valence-corrected chi connectivity index (χ2v) is 8.58. The Balaban J connectivity index is 1.25. The van der Waals surface area contributed by atoms with Gasteiger partial charge in [-0.2, -0.15) is 5.10 Å². The lowest BCUT2D eigenvalue weighted by Gasteiger charge is -2.44. The summed E-state index contributed by atoms with van der Waals surface area (Å²) in [6, 6.07) is 9.07. The van der Waals surface area contributed by atoms with Crippen molar-refractivity contribution < 1.29 is 14.3 Å². The number of aryl methyl sites for hydroxylation is 1. The zero-order valence-corrected chi connectivity index (χ0v) is 18.6. The molecule has 2 amide bonds. The van der Waals surface area contributed by atoms with Crippen molar-refractivity contribution in [2.45, 2.75) is 51.6 Å². The first-order valence-corrected chi connectivity index (χ1v) is 11.3.